The van der Waals surface area contributed by atoms with E-state index < -0.39 is 0 Å². The average molecular weight is 370 g/mol. The van der Waals surface area contributed by atoms with E-state index >= 15 is 0 Å². The minimum Gasteiger partial charge on any atom is -0.308 e. The lowest BCUT2D eigenvalue weighted by atomic mass is 9.95. The molecule has 0 spiro atoms. The first-order valence-electron chi connectivity index (χ1n) is 10.3. The van der Waals surface area contributed by atoms with Gasteiger partial charge in [0, 0.05) is 12.1 Å². The molecule has 0 N–H and O–H groups in total. The molecular formula is C26H27NO. The molecule has 7 rings (SSSR count). The van der Waals surface area contributed by atoms with Gasteiger partial charge in [-0.25, -0.2) is 0 Å². The summed E-state index contributed by atoms with van der Waals surface area (Å²) in [5.74, 6) is 0.178. The van der Waals surface area contributed by atoms with Crippen molar-refractivity contribution in [2.24, 2.45) is 0 Å². The lowest BCUT2D eigenvalue weighted by molar-refractivity contribution is -0.118. The molecule has 1 amide bonds. The largest absolute Gasteiger partial charge is 0.308 e. The fraction of sp³-hybridized carbons (Fsp3) is 0.269. The highest BCUT2D eigenvalue weighted by atomic mass is 16.2. The molecule has 4 aliphatic carbocycles. The van der Waals surface area contributed by atoms with Crippen LogP contribution in [0, 0.1) is 0 Å². The van der Waals surface area contributed by atoms with Crippen LogP contribution in [0.15, 0.2) is 72.8 Å². The summed E-state index contributed by atoms with van der Waals surface area (Å²) in [6.45, 7) is 2.57. The summed E-state index contributed by atoms with van der Waals surface area (Å²) in [7, 11) is 0. The van der Waals surface area contributed by atoms with Crippen molar-refractivity contribution in [3.05, 3.63) is 101 Å². The molecular weight excluding hydrogens is 342 g/mol. The number of hydrogen-bond donors (Lipinski definition) is 0. The van der Waals surface area contributed by atoms with Crippen molar-refractivity contribution >= 4 is 11.6 Å². The fourth-order valence-electron chi connectivity index (χ4n) is 3.93. The van der Waals surface area contributed by atoms with Gasteiger partial charge in [-0.15, -0.1) is 0 Å². The van der Waals surface area contributed by atoms with Gasteiger partial charge in [0.2, 0.25) is 5.91 Å². The van der Waals surface area contributed by atoms with Gasteiger partial charge >= 0.3 is 0 Å². The third-order valence-corrected chi connectivity index (χ3v) is 5.64. The molecule has 28 heavy (non-hydrogen) atoms. The van der Waals surface area contributed by atoms with Crippen LogP contribution in [-0.2, 0) is 37.0 Å². The van der Waals surface area contributed by atoms with E-state index in [0.717, 1.165) is 36.9 Å². The van der Waals surface area contributed by atoms with Crippen molar-refractivity contribution in [3.8, 4) is 0 Å². The normalized spacial score (nSPS) is 13.0. The minimum absolute atomic E-state index is 0.178. The van der Waals surface area contributed by atoms with Crippen molar-refractivity contribution in [1.29, 1.82) is 0 Å². The Hall–Kier alpha value is -2.87. The molecule has 0 fully saturated rings. The first kappa shape index (κ1) is 18.5. The summed E-state index contributed by atoms with van der Waals surface area (Å²) >= 11 is 0. The van der Waals surface area contributed by atoms with Crippen molar-refractivity contribution in [2.75, 3.05) is 4.90 Å². The zero-order chi connectivity index (χ0) is 19.3. The van der Waals surface area contributed by atoms with Crippen LogP contribution in [0.3, 0.4) is 0 Å². The number of aryl methyl sites for hydroxylation is 4. The van der Waals surface area contributed by atoms with Gasteiger partial charge in [-0.2, -0.15) is 0 Å². The second-order valence-electron chi connectivity index (χ2n) is 7.60. The molecule has 4 bridgehead atoms. The van der Waals surface area contributed by atoms with Crippen LogP contribution < -0.4 is 4.90 Å². The highest BCUT2D eigenvalue weighted by molar-refractivity contribution is 5.94. The zero-order valence-electron chi connectivity index (χ0n) is 16.5. The van der Waals surface area contributed by atoms with E-state index in [2.05, 4.69) is 54.6 Å². The molecule has 0 saturated carbocycles. The molecule has 0 aliphatic heterocycles. The molecule has 0 heterocycles. The fourth-order valence-corrected chi connectivity index (χ4v) is 3.93. The zero-order valence-corrected chi connectivity index (χ0v) is 16.5. The maximum absolute atomic E-state index is 12.9. The van der Waals surface area contributed by atoms with Gasteiger partial charge in [0.15, 0.2) is 0 Å². The van der Waals surface area contributed by atoms with Crippen molar-refractivity contribution in [3.63, 3.8) is 0 Å². The minimum atomic E-state index is 0.178. The summed E-state index contributed by atoms with van der Waals surface area (Å²) in [4.78, 5) is 14.9. The van der Waals surface area contributed by atoms with E-state index in [-0.39, 0.29) is 5.91 Å². The molecule has 142 valence electrons. The van der Waals surface area contributed by atoms with Crippen LogP contribution in [0.25, 0.3) is 0 Å². The van der Waals surface area contributed by atoms with Crippen LogP contribution in [0.5, 0.6) is 0 Å². The van der Waals surface area contributed by atoms with Crippen molar-refractivity contribution in [1.82, 2.24) is 0 Å². The average Bonchev–Trinajstić information content (AvgIpc) is 2.74. The lowest BCUT2D eigenvalue weighted by Gasteiger charge is -2.26. The van der Waals surface area contributed by atoms with Crippen molar-refractivity contribution < 1.29 is 4.79 Å². The van der Waals surface area contributed by atoms with Crippen LogP contribution in [0.2, 0.25) is 0 Å². The molecule has 0 atom stereocenters. The summed E-state index contributed by atoms with van der Waals surface area (Å²) < 4.78 is 0. The number of amides is 1. The van der Waals surface area contributed by atoms with Gasteiger partial charge in [0.05, 0.1) is 6.54 Å². The maximum Gasteiger partial charge on any atom is 0.227 e. The van der Waals surface area contributed by atoms with Gasteiger partial charge in [-0.3, -0.25) is 4.79 Å². The monoisotopic (exact) mass is 369 g/mol. The highest BCUT2D eigenvalue weighted by Gasteiger charge is 2.19. The number of benzene rings is 3. The van der Waals surface area contributed by atoms with Crippen molar-refractivity contribution in [2.45, 2.75) is 45.6 Å². The number of carbonyl (C=O) groups is 1. The van der Waals surface area contributed by atoms with Crippen LogP contribution >= 0.6 is 0 Å². The van der Waals surface area contributed by atoms with Gasteiger partial charge in [-0.05, 0) is 59.6 Å². The number of rotatable bonds is 4. The summed E-state index contributed by atoms with van der Waals surface area (Å²) in [5, 5.41) is 0. The topological polar surface area (TPSA) is 20.3 Å². The molecule has 0 radical (unpaired) electrons. The third-order valence-electron chi connectivity index (χ3n) is 5.64. The van der Waals surface area contributed by atoms with Gasteiger partial charge in [0.25, 0.3) is 0 Å². The Morgan fingerprint density at radius 1 is 0.786 bits per heavy atom. The van der Waals surface area contributed by atoms with Crippen LogP contribution in [0.1, 0.15) is 41.2 Å². The Morgan fingerprint density at radius 3 is 2.07 bits per heavy atom. The predicted molar refractivity (Wildman–Crippen MR) is 116 cm³/mol. The van der Waals surface area contributed by atoms with E-state index in [1.54, 1.807) is 0 Å². The predicted octanol–water partition coefficient (Wildman–Crippen LogP) is 5.51. The van der Waals surface area contributed by atoms with E-state index in [1.165, 1.54) is 22.3 Å². The second kappa shape index (κ2) is 8.43. The SMILES string of the molecule is CCC(=O)N(Cc1ccccc1)c1cc2ccc1CCc1ccc(cc1)CC2. The maximum atomic E-state index is 12.9. The summed E-state index contributed by atoms with van der Waals surface area (Å²) in [6.07, 6.45) is 4.46. The molecule has 4 aliphatic rings. The van der Waals surface area contributed by atoms with Gasteiger partial charge in [-0.1, -0.05) is 73.7 Å². The number of nitrogens with zero attached hydrogens (tertiary/aromatic N) is 1. The highest BCUT2D eigenvalue weighted by Crippen LogP contribution is 2.28. The Bertz CT molecular complexity index is 944. The summed E-state index contributed by atoms with van der Waals surface area (Å²) in [5.41, 5.74) is 7.54. The number of hydrogen-bond acceptors (Lipinski definition) is 1. The first-order chi connectivity index (χ1) is 13.7. The van der Waals surface area contributed by atoms with E-state index in [9.17, 15) is 4.79 Å². The molecule has 3 aromatic carbocycles. The summed E-state index contributed by atoms with van der Waals surface area (Å²) in [6, 6.07) is 26.0. The smallest absolute Gasteiger partial charge is 0.227 e. The lowest BCUT2D eigenvalue weighted by Crippen LogP contribution is -2.30. The van der Waals surface area contributed by atoms with Crippen LogP contribution in [-0.4, -0.2) is 5.91 Å². The first-order valence-corrected chi connectivity index (χ1v) is 10.3. The molecule has 0 unspecified atom stereocenters. The third kappa shape index (κ3) is 4.17. The van der Waals surface area contributed by atoms with E-state index in [0.29, 0.717) is 13.0 Å². The van der Waals surface area contributed by atoms with Gasteiger partial charge < -0.3 is 4.90 Å². The molecule has 2 heteroatoms. The Balaban J connectivity index is 1.72. The molecule has 0 aromatic heterocycles. The van der Waals surface area contributed by atoms with Crippen LogP contribution in [0.4, 0.5) is 5.69 Å². The molecule has 0 saturated heterocycles. The van der Waals surface area contributed by atoms with E-state index in [4.69, 9.17) is 0 Å². The number of carbonyl (C=O) groups excluding carboxylic acids is 1. The standard InChI is InChI=1S/C26H27NO/c1-2-26(28)27(19-23-6-4-3-5-7-23)25-18-22-13-12-20-8-10-21(11-9-20)14-16-24(25)17-15-22/h3-11,15,17-18H,2,12-14,16,19H2,1H3. The quantitative estimate of drug-likeness (QED) is 0.593. The number of anilines is 1. The molecule has 3 aromatic rings. The Labute approximate surface area is 167 Å². The Morgan fingerprint density at radius 2 is 1.39 bits per heavy atom. The second-order valence-corrected chi connectivity index (χ2v) is 7.60. The molecule has 2 nitrogen and oxygen atoms in total. The van der Waals surface area contributed by atoms with E-state index in [1.807, 2.05) is 30.0 Å². The Kier molecular flexibility index (Phi) is 5.57. The van der Waals surface area contributed by atoms with Gasteiger partial charge in [0.1, 0.15) is 0 Å².